The summed E-state index contributed by atoms with van der Waals surface area (Å²) in [5, 5.41) is 4.80. The predicted octanol–water partition coefficient (Wildman–Crippen LogP) is 6.04. The molecule has 0 bridgehead atoms. The van der Waals surface area contributed by atoms with Crippen LogP contribution >= 0.6 is 0 Å². The van der Waals surface area contributed by atoms with Gasteiger partial charge < -0.3 is 9.21 Å². The fourth-order valence-corrected chi connectivity index (χ4v) is 5.85. The Kier molecular flexibility index (Phi) is 6.26. The van der Waals surface area contributed by atoms with Crippen LogP contribution in [-0.2, 0) is 18.3 Å². The number of fused-ring (bicyclic) bond motifs is 2. The molecule has 1 fully saturated rings. The highest BCUT2D eigenvalue weighted by Gasteiger charge is 2.49. The number of rotatable bonds is 4. The smallest absolute Gasteiger partial charge is 0.229 e. The summed E-state index contributed by atoms with van der Waals surface area (Å²) in [5.74, 6) is -1.30. The summed E-state index contributed by atoms with van der Waals surface area (Å²) in [6, 6.07) is 8.90. The van der Waals surface area contributed by atoms with Gasteiger partial charge in [0.2, 0.25) is 5.89 Å². The Bertz CT molecular complexity index is 1390. The van der Waals surface area contributed by atoms with Crippen LogP contribution in [0.4, 0.5) is 13.2 Å². The van der Waals surface area contributed by atoms with Crippen molar-refractivity contribution in [3.8, 4) is 22.7 Å². The van der Waals surface area contributed by atoms with Crippen molar-refractivity contribution in [3.63, 3.8) is 0 Å². The van der Waals surface area contributed by atoms with E-state index in [1.165, 1.54) is 30.7 Å². The highest BCUT2D eigenvalue weighted by molar-refractivity contribution is 5.66. The molecule has 3 atom stereocenters. The van der Waals surface area contributed by atoms with Crippen LogP contribution in [0.25, 0.3) is 22.7 Å². The molecule has 0 radical (unpaired) electrons. The Balaban J connectivity index is 0.00000104. The summed E-state index contributed by atoms with van der Waals surface area (Å²) >= 11 is 0. The molecule has 2 aromatic heterocycles. The first-order valence-corrected chi connectivity index (χ1v) is 11.7. The molecule has 2 aromatic carbocycles. The van der Waals surface area contributed by atoms with Gasteiger partial charge in [0.1, 0.15) is 30.5 Å². The number of nitrogens with zero attached hydrogens (tertiary/aromatic N) is 4. The molecule has 2 aliphatic rings. The molecule has 2 unspecified atom stereocenters. The van der Waals surface area contributed by atoms with Crippen molar-refractivity contribution in [2.75, 3.05) is 0 Å². The third-order valence-electron chi connectivity index (χ3n) is 7.14. The first kappa shape index (κ1) is 24.0. The van der Waals surface area contributed by atoms with Crippen LogP contribution in [0.3, 0.4) is 0 Å². The first-order valence-electron chi connectivity index (χ1n) is 11.7. The molecular weight excluding hydrogens is 469 g/mol. The monoisotopic (exact) mass is 496 g/mol. The fourth-order valence-electron chi connectivity index (χ4n) is 5.85. The van der Waals surface area contributed by atoms with Gasteiger partial charge in [0.05, 0.1) is 29.2 Å². The normalized spacial score (nSPS) is 20.6. The minimum Gasteiger partial charge on any atom is -0.444 e. The maximum atomic E-state index is 14.9. The molecule has 188 valence electrons. The average Bonchev–Trinajstić information content (AvgIpc) is 3.48. The number of aryl methyl sites for hydroxylation is 1. The molecule has 2 aliphatic heterocycles. The standard InChI is InChI=1S/C26H23F3N4O.CH2O.H2/c1-3-21-24-19(25(32(2)31-24)14-9-15(27)11-16(28)10-14)12-17-13-22(33(17)21)18-5-4-6-20(29)23(18)26-30-7-8-34-26;1-2;/h4-11,17,21-22H,3,12-13H2,1-2H3;1H2;1H/t17-,21?,22?;;/m0../s1. The van der Waals surface area contributed by atoms with Gasteiger partial charge in [0.15, 0.2) is 0 Å². The lowest BCUT2D eigenvalue weighted by molar-refractivity contribution is -0.0980. The SMILES string of the molecule is C=O.CCC1c2nn(C)c(-c3cc(F)cc(F)c3)c2C[C@H]2CC(c3cccc(F)c3-c3ncco3)N12.[HH]. The number of hydrogen-bond acceptors (Lipinski definition) is 5. The summed E-state index contributed by atoms with van der Waals surface area (Å²) in [4.78, 5) is 14.6. The molecule has 6 nitrogen and oxygen atoms in total. The van der Waals surface area contributed by atoms with Gasteiger partial charge in [-0.15, -0.1) is 0 Å². The predicted molar refractivity (Wildman–Crippen MR) is 129 cm³/mol. The van der Waals surface area contributed by atoms with Crippen LogP contribution in [-0.4, -0.2) is 32.5 Å². The summed E-state index contributed by atoms with van der Waals surface area (Å²) in [6.45, 7) is 4.10. The van der Waals surface area contributed by atoms with E-state index in [-0.39, 0.29) is 31.3 Å². The van der Waals surface area contributed by atoms with Gasteiger partial charge in [-0.3, -0.25) is 9.58 Å². The third kappa shape index (κ3) is 3.74. The van der Waals surface area contributed by atoms with Gasteiger partial charge in [-0.1, -0.05) is 19.1 Å². The third-order valence-corrected chi connectivity index (χ3v) is 7.14. The van der Waals surface area contributed by atoms with E-state index in [4.69, 9.17) is 14.3 Å². The Hall–Kier alpha value is -3.72. The zero-order valence-electron chi connectivity index (χ0n) is 19.9. The summed E-state index contributed by atoms with van der Waals surface area (Å²) in [5.41, 5.74) is 4.44. The van der Waals surface area contributed by atoms with Gasteiger partial charge in [0, 0.05) is 37.8 Å². The number of hydrogen-bond donors (Lipinski definition) is 0. The second-order valence-electron chi connectivity index (χ2n) is 9.02. The second kappa shape index (κ2) is 9.39. The lowest BCUT2D eigenvalue weighted by atomic mass is 9.75. The topological polar surface area (TPSA) is 64.2 Å². The molecule has 6 rings (SSSR count). The molecule has 4 heterocycles. The maximum Gasteiger partial charge on any atom is 0.229 e. The van der Waals surface area contributed by atoms with E-state index in [1.54, 1.807) is 10.7 Å². The van der Waals surface area contributed by atoms with E-state index >= 15 is 0 Å². The summed E-state index contributed by atoms with van der Waals surface area (Å²) in [7, 11) is 1.81. The van der Waals surface area contributed by atoms with Crippen molar-refractivity contribution in [2.24, 2.45) is 7.05 Å². The number of carbonyl (C=O) groups excluding carboxylic acids is 1. The van der Waals surface area contributed by atoms with Crippen molar-refractivity contribution < 1.29 is 23.8 Å². The molecular formula is C27H27F3N4O2. The number of carbonyl (C=O) groups is 1. The molecule has 4 aromatic rings. The number of aromatic nitrogens is 3. The summed E-state index contributed by atoms with van der Waals surface area (Å²) < 4.78 is 50.0. The van der Waals surface area contributed by atoms with E-state index in [0.29, 0.717) is 17.5 Å². The fraction of sp³-hybridized carbons (Fsp3) is 0.296. The minimum absolute atomic E-state index is 0. The Labute approximate surface area is 207 Å². The lowest BCUT2D eigenvalue weighted by Crippen LogP contribution is -2.55. The Morgan fingerprint density at radius 2 is 1.92 bits per heavy atom. The maximum absolute atomic E-state index is 14.9. The lowest BCUT2D eigenvalue weighted by Gasteiger charge is -2.55. The van der Waals surface area contributed by atoms with Gasteiger partial charge >= 0.3 is 0 Å². The van der Waals surface area contributed by atoms with Crippen LogP contribution in [0.1, 0.15) is 50.1 Å². The Morgan fingerprint density at radius 3 is 2.58 bits per heavy atom. The van der Waals surface area contributed by atoms with E-state index in [9.17, 15) is 13.2 Å². The van der Waals surface area contributed by atoms with Gasteiger partial charge in [-0.25, -0.2) is 18.2 Å². The van der Waals surface area contributed by atoms with Crippen molar-refractivity contribution in [2.45, 2.75) is 44.3 Å². The number of oxazole rings is 1. The molecule has 36 heavy (non-hydrogen) atoms. The van der Waals surface area contributed by atoms with Crippen molar-refractivity contribution in [3.05, 3.63) is 83.1 Å². The molecule has 0 aliphatic carbocycles. The van der Waals surface area contributed by atoms with Crippen LogP contribution < -0.4 is 0 Å². The summed E-state index contributed by atoms with van der Waals surface area (Å²) in [6.07, 6.45) is 5.31. The van der Waals surface area contributed by atoms with Gasteiger partial charge in [0.25, 0.3) is 0 Å². The second-order valence-corrected chi connectivity index (χ2v) is 9.02. The zero-order valence-corrected chi connectivity index (χ0v) is 19.9. The molecule has 0 spiro atoms. The van der Waals surface area contributed by atoms with E-state index in [1.807, 2.05) is 19.9 Å². The average molecular weight is 497 g/mol. The van der Waals surface area contributed by atoms with Crippen molar-refractivity contribution in [1.82, 2.24) is 19.7 Å². The minimum atomic E-state index is -0.608. The molecule has 1 saturated heterocycles. The highest BCUT2D eigenvalue weighted by atomic mass is 19.1. The van der Waals surface area contributed by atoms with Crippen molar-refractivity contribution in [1.29, 1.82) is 0 Å². The molecule has 0 N–H and O–H groups in total. The van der Waals surface area contributed by atoms with E-state index < -0.39 is 11.6 Å². The first-order chi connectivity index (χ1) is 17.5. The van der Waals surface area contributed by atoms with Gasteiger partial charge in [-0.05, 0) is 43.0 Å². The van der Waals surface area contributed by atoms with Crippen LogP contribution in [0.2, 0.25) is 0 Å². The Morgan fingerprint density at radius 1 is 1.17 bits per heavy atom. The van der Waals surface area contributed by atoms with E-state index in [0.717, 1.165) is 41.4 Å². The van der Waals surface area contributed by atoms with Crippen LogP contribution in [0, 0.1) is 17.5 Å². The molecule has 0 amide bonds. The number of benzene rings is 2. The quantitative estimate of drug-likeness (QED) is 0.345. The molecule has 0 saturated carbocycles. The van der Waals surface area contributed by atoms with Gasteiger partial charge in [-0.2, -0.15) is 5.10 Å². The molecule has 9 heteroatoms. The zero-order chi connectivity index (χ0) is 25.6. The largest absolute Gasteiger partial charge is 0.444 e. The van der Waals surface area contributed by atoms with Crippen LogP contribution in [0.5, 0.6) is 0 Å². The van der Waals surface area contributed by atoms with Crippen LogP contribution in [0.15, 0.2) is 53.3 Å². The van der Waals surface area contributed by atoms with Crippen molar-refractivity contribution >= 4 is 6.79 Å². The van der Waals surface area contributed by atoms with E-state index in [2.05, 4.69) is 16.8 Å². The number of halogens is 3. The highest BCUT2D eigenvalue weighted by Crippen LogP contribution is 2.53.